The molecule has 0 aliphatic heterocycles. The van der Waals surface area contributed by atoms with Crippen molar-refractivity contribution in [3.8, 4) is 44.5 Å². The molecule has 0 N–H and O–H groups in total. The van der Waals surface area contributed by atoms with Crippen molar-refractivity contribution >= 4 is 17.1 Å². The number of nitrogens with zero attached hydrogens (tertiary/aromatic N) is 1. The lowest BCUT2D eigenvalue weighted by molar-refractivity contribution is -0.0397. The van der Waals surface area contributed by atoms with E-state index in [1.54, 1.807) is 11.1 Å². The zero-order chi connectivity index (χ0) is 52.4. The summed E-state index contributed by atoms with van der Waals surface area (Å²) in [6.07, 6.45) is 6.77. The van der Waals surface area contributed by atoms with Crippen molar-refractivity contribution in [2.45, 2.75) is 115 Å². The van der Waals surface area contributed by atoms with Crippen LogP contribution in [0.15, 0.2) is 200 Å². The molecule has 9 aromatic carbocycles. The first kappa shape index (κ1) is 47.0. The molecule has 0 atom stereocenters. The minimum Gasteiger partial charge on any atom is -0.310 e. The summed E-state index contributed by atoms with van der Waals surface area (Å²) in [6.45, 7) is 19.2. The molecule has 0 aromatic heterocycles. The number of hydrogen-bond acceptors (Lipinski definition) is 1. The second kappa shape index (κ2) is 16.4. The fourth-order valence-electron chi connectivity index (χ4n) is 17.2. The molecule has 1 nitrogen and oxygen atoms in total. The average molecular weight is 998 g/mol. The number of benzene rings is 9. The highest BCUT2D eigenvalue weighted by molar-refractivity contribution is 5.96. The minimum absolute atomic E-state index is 0.0422. The van der Waals surface area contributed by atoms with Crippen molar-refractivity contribution in [1.29, 1.82) is 0 Å². The predicted molar refractivity (Wildman–Crippen MR) is 322 cm³/mol. The highest BCUT2D eigenvalue weighted by Crippen LogP contribution is 2.71. The minimum atomic E-state index is -0.579. The Balaban J connectivity index is 1.04. The van der Waals surface area contributed by atoms with E-state index >= 15 is 0 Å². The van der Waals surface area contributed by atoms with Crippen LogP contribution in [-0.2, 0) is 27.1 Å². The van der Waals surface area contributed by atoms with Gasteiger partial charge in [0.1, 0.15) is 0 Å². The molecule has 0 heterocycles. The zero-order valence-corrected chi connectivity index (χ0v) is 46.3. The Bertz CT molecular complexity index is 3790. The summed E-state index contributed by atoms with van der Waals surface area (Å²) in [7, 11) is 0. The predicted octanol–water partition coefficient (Wildman–Crippen LogP) is 19.8. The first-order valence-corrected chi connectivity index (χ1v) is 29.0. The lowest BCUT2D eigenvalue weighted by atomic mass is 9.43. The third-order valence-corrected chi connectivity index (χ3v) is 20.4. The Hall–Kier alpha value is -7.22. The van der Waals surface area contributed by atoms with Crippen molar-refractivity contribution in [2.24, 2.45) is 23.7 Å². The number of anilines is 3. The number of hydrogen-bond donors (Lipinski definition) is 0. The molecule has 4 saturated carbocycles. The van der Waals surface area contributed by atoms with Gasteiger partial charge in [0, 0.05) is 22.2 Å². The van der Waals surface area contributed by atoms with E-state index in [1.165, 1.54) is 138 Å². The summed E-state index contributed by atoms with van der Waals surface area (Å²) in [5.74, 6) is 2.95. The van der Waals surface area contributed by atoms with E-state index in [2.05, 4.69) is 260 Å². The van der Waals surface area contributed by atoms with Gasteiger partial charge in [0.15, 0.2) is 0 Å². The Morgan fingerprint density at radius 1 is 0.364 bits per heavy atom. The lowest BCUT2D eigenvalue weighted by Crippen LogP contribution is -2.55. The van der Waals surface area contributed by atoms with E-state index < -0.39 is 5.41 Å². The summed E-state index contributed by atoms with van der Waals surface area (Å²) in [4.78, 5) is 2.73. The molecule has 2 spiro atoms. The van der Waals surface area contributed by atoms with Crippen LogP contribution in [0, 0.1) is 23.7 Å². The van der Waals surface area contributed by atoms with E-state index in [1.807, 2.05) is 0 Å². The summed E-state index contributed by atoms with van der Waals surface area (Å²) in [5, 5.41) is 0. The van der Waals surface area contributed by atoms with E-state index in [-0.39, 0.29) is 21.7 Å². The molecule has 0 unspecified atom stereocenters. The van der Waals surface area contributed by atoms with Gasteiger partial charge in [-0.3, -0.25) is 0 Å². The standard InChI is InChI=1S/C76H71N/c1-72(2,3)51-32-36-65-68(44-51)76(69-45-52(73(4,5)6)33-37-66(69)74(65,7)8)64-30-17-14-26-59(64)61-35-34-56(46-67(61)76)77(55-23-18-22-50(43-55)58-25-13-12-24-57(58)49-20-10-9-11-21-49)70-31-19-28-62-60-27-15-16-29-63(60)75(71(62)70)53-39-47-38-48(41-53)42-54(75)40-47/h9-37,43-48,53-54H,38-42H2,1-8H3. The highest BCUT2D eigenvalue weighted by Gasteiger charge is 2.63. The van der Waals surface area contributed by atoms with Crippen LogP contribution in [0.2, 0.25) is 0 Å². The molecule has 1 heteroatoms. The van der Waals surface area contributed by atoms with Crippen LogP contribution in [-0.4, -0.2) is 0 Å². The molecule has 0 radical (unpaired) electrons. The SMILES string of the molecule is CC(C)(C)c1ccc2c(c1)C1(c3ccccc3-c3ccc(N(c4cccc(-c5ccccc5-c5ccccc5)c4)c4cccc5c4C4(c6ccccc6-5)C5CC6CC(C5)CC4C6)cc31)c1cc(C(C)(C)C)ccc1C2(C)C. The van der Waals surface area contributed by atoms with Crippen molar-refractivity contribution in [3.05, 3.63) is 256 Å². The van der Waals surface area contributed by atoms with Crippen LogP contribution in [0.4, 0.5) is 17.1 Å². The molecule has 380 valence electrons. The molecule has 0 amide bonds. The molecule has 9 aromatic rings. The molecular formula is C76H71N. The first-order valence-electron chi connectivity index (χ1n) is 29.0. The van der Waals surface area contributed by atoms with Crippen LogP contribution in [0.1, 0.15) is 143 Å². The first-order chi connectivity index (χ1) is 37.2. The number of rotatable bonds is 5. The van der Waals surface area contributed by atoms with Gasteiger partial charge in [-0.05, 0) is 197 Å². The van der Waals surface area contributed by atoms with Crippen molar-refractivity contribution < 1.29 is 0 Å². The highest BCUT2D eigenvalue weighted by atomic mass is 15.1. The van der Waals surface area contributed by atoms with Gasteiger partial charge in [0.2, 0.25) is 0 Å². The van der Waals surface area contributed by atoms with Gasteiger partial charge >= 0.3 is 0 Å². The largest absolute Gasteiger partial charge is 0.310 e. The zero-order valence-electron chi connectivity index (χ0n) is 46.3. The van der Waals surface area contributed by atoms with E-state index in [4.69, 9.17) is 0 Å². The average Bonchev–Trinajstić information content (AvgIpc) is 3.30. The molecule has 4 bridgehead atoms. The van der Waals surface area contributed by atoms with Gasteiger partial charge in [-0.15, -0.1) is 0 Å². The fourth-order valence-corrected chi connectivity index (χ4v) is 17.2. The summed E-state index contributed by atoms with van der Waals surface area (Å²) >= 11 is 0. The van der Waals surface area contributed by atoms with Gasteiger partial charge in [0.05, 0.1) is 11.1 Å². The Morgan fingerprint density at radius 3 is 1.48 bits per heavy atom. The van der Waals surface area contributed by atoms with E-state index in [9.17, 15) is 0 Å². The van der Waals surface area contributed by atoms with Gasteiger partial charge in [-0.2, -0.15) is 0 Å². The number of fused-ring (bicyclic) bond motifs is 12. The van der Waals surface area contributed by atoms with Gasteiger partial charge < -0.3 is 4.90 Å². The second-order valence-electron chi connectivity index (χ2n) is 26.9. The molecular weight excluding hydrogens is 927 g/mol. The van der Waals surface area contributed by atoms with Crippen LogP contribution in [0.3, 0.4) is 0 Å². The van der Waals surface area contributed by atoms with Crippen molar-refractivity contribution in [1.82, 2.24) is 0 Å². The van der Waals surface area contributed by atoms with E-state index in [0.29, 0.717) is 11.8 Å². The maximum atomic E-state index is 2.73. The summed E-state index contributed by atoms with van der Waals surface area (Å²) in [6, 6.07) is 78.7. The second-order valence-corrected chi connectivity index (χ2v) is 26.9. The molecule has 4 fully saturated rings. The maximum Gasteiger partial charge on any atom is 0.0720 e. The topological polar surface area (TPSA) is 3.24 Å². The maximum absolute atomic E-state index is 2.73. The van der Waals surface area contributed by atoms with E-state index in [0.717, 1.165) is 11.8 Å². The van der Waals surface area contributed by atoms with Gasteiger partial charge in [0.25, 0.3) is 0 Å². The van der Waals surface area contributed by atoms with Gasteiger partial charge in [-0.25, -0.2) is 0 Å². The summed E-state index contributed by atoms with van der Waals surface area (Å²) < 4.78 is 0. The Kier molecular flexibility index (Phi) is 10.0. The summed E-state index contributed by atoms with van der Waals surface area (Å²) in [5.41, 5.74) is 27.6. The third-order valence-electron chi connectivity index (χ3n) is 20.4. The molecule has 7 aliphatic rings. The van der Waals surface area contributed by atoms with Crippen molar-refractivity contribution in [2.75, 3.05) is 4.90 Å². The third kappa shape index (κ3) is 6.53. The Labute approximate surface area is 458 Å². The normalized spacial score (nSPS) is 22.3. The quantitative estimate of drug-likeness (QED) is 0.166. The Morgan fingerprint density at radius 2 is 0.857 bits per heavy atom. The van der Waals surface area contributed by atoms with Crippen LogP contribution in [0.5, 0.6) is 0 Å². The van der Waals surface area contributed by atoms with Crippen molar-refractivity contribution in [3.63, 3.8) is 0 Å². The fraction of sp³-hybridized carbons (Fsp3) is 0.289. The van der Waals surface area contributed by atoms with Crippen LogP contribution in [0.25, 0.3) is 44.5 Å². The molecule has 16 rings (SSSR count). The van der Waals surface area contributed by atoms with Crippen LogP contribution >= 0.6 is 0 Å². The smallest absolute Gasteiger partial charge is 0.0720 e. The molecule has 77 heavy (non-hydrogen) atoms. The van der Waals surface area contributed by atoms with Crippen LogP contribution < -0.4 is 4.90 Å². The molecule has 7 aliphatic carbocycles. The molecule has 0 saturated heterocycles. The monoisotopic (exact) mass is 998 g/mol. The van der Waals surface area contributed by atoms with Gasteiger partial charge in [-0.1, -0.05) is 225 Å². The lowest BCUT2D eigenvalue weighted by Gasteiger charge is -2.61.